The number of thiocarbonyl (C=S) groups is 1. The highest BCUT2D eigenvalue weighted by atomic mass is 35.5. The quantitative estimate of drug-likeness (QED) is 0.530. The molecule has 10 heteroatoms. The van der Waals surface area contributed by atoms with Crippen molar-refractivity contribution in [2.24, 2.45) is 5.73 Å². The number of hydrogen-bond donors (Lipinski definition) is 2. The maximum atomic E-state index is 12.0. The zero-order valence-electron chi connectivity index (χ0n) is 16.9. The molecule has 0 saturated carbocycles. The summed E-state index contributed by atoms with van der Waals surface area (Å²) in [6, 6.07) is 5.14. The van der Waals surface area contributed by atoms with E-state index in [1.807, 2.05) is 20.8 Å². The number of hydrogen-bond acceptors (Lipinski definition) is 4. The molecule has 0 aliphatic heterocycles. The summed E-state index contributed by atoms with van der Waals surface area (Å²) in [5.41, 5.74) is 8.18. The van der Waals surface area contributed by atoms with Crippen molar-refractivity contribution in [1.29, 1.82) is 0 Å². The van der Waals surface area contributed by atoms with Gasteiger partial charge in [-0.05, 0) is 45.9 Å². The molecule has 2 heterocycles. The minimum Gasteiger partial charge on any atom is -0.465 e. The number of halogens is 2. The maximum Gasteiger partial charge on any atom is 0.408 e. The molecule has 0 unspecified atom stereocenters. The average Bonchev–Trinajstić information content (AvgIpc) is 3.02. The highest BCUT2D eigenvalue weighted by molar-refractivity contribution is 7.80. The monoisotopic (exact) mass is 465 g/mol. The van der Waals surface area contributed by atoms with Crippen molar-refractivity contribution in [1.82, 2.24) is 19.3 Å². The number of imidazole rings is 1. The van der Waals surface area contributed by atoms with E-state index in [0.717, 1.165) is 0 Å². The number of carbonyl (C=O) groups is 1. The van der Waals surface area contributed by atoms with Gasteiger partial charge in [0.2, 0.25) is 5.78 Å². The summed E-state index contributed by atoms with van der Waals surface area (Å²) in [6.45, 7) is 7.40. The van der Waals surface area contributed by atoms with Gasteiger partial charge in [-0.25, -0.2) is 14.8 Å². The van der Waals surface area contributed by atoms with Crippen LogP contribution < -0.4 is 5.73 Å². The number of carboxylic acid groups (broad SMARTS) is 1. The Balaban J connectivity index is 2.37. The first kappa shape index (κ1) is 22.3. The van der Waals surface area contributed by atoms with E-state index in [4.69, 9.17) is 41.2 Å². The summed E-state index contributed by atoms with van der Waals surface area (Å²) in [4.78, 5) is 22.4. The molecule has 0 aliphatic rings. The molecular weight excluding hydrogens is 445 g/mol. The zero-order chi connectivity index (χ0) is 22.4. The SMILES string of the molecule is Cc1nc2nc(C(N)=S)cn2c(-c2ccc(Cl)cc2Cl)c1CN(C(=O)O)C(C)(C)C. The van der Waals surface area contributed by atoms with Crippen LogP contribution in [0.2, 0.25) is 10.0 Å². The predicted molar refractivity (Wildman–Crippen MR) is 122 cm³/mol. The van der Waals surface area contributed by atoms with Crippen LogP contribution in [-0.4, -0.2) is 41.0 Å². The van der Waals surface area contributed by atoms with Crippen LogP contribution in [0.15, 0.2) is 24.4 Å². The zero-order valence-corrected chi connectivity index (χ0v) is 19.2. The Bertz CT molecular complexity index is 1170. The van der Waals surface area contributed by atoms with Crippen LogP contribution in [0, 0.1) is 6.92 Å². The Hall–Kier alpha value is -2.42. The number of amides is 1. The molecular formula is C20H21Cl2N5O2S. The number of nitrogens with zero attached hydrogens (tertiary/aromatic N) is 4. The molecule has 2 aromatic heterocycles. The number of nitrogens with two attached hydrogens (primary N) is 1. The molecule has 0 radical (unpaired) electrons. The molecule has 30 heavy (non-hydrogen) atoms. The minimum absolute atomic E-state index is 0.0997. The fraction of sp³-hybridized carbons (Fsp3) is 0.300. The van der Waals surface area contributed by atoms with Gasteiger partial charge in [0.05, 0.1) is 17.3 Å². The third-order valence-electron chi connectivity index (χ3n) is 4.71. The van der Waals surface area contributed by atoms with Crippen molar-refractivity contribution in [3.8, 4) is 11.3 Å². The molecule has 0 atom stereocenters. The van der Waals surface area contributed by atoms with Gasteiger partial charge in [-0.1, -0.05) is 35.4 Å². The van der Waals surface area contributed by atoms with Crippen molar-refractivity contribution >= 4 is 52.3 Å². The van der Waals surface area contributed by atoms with E-state index in [9.17, 15) is 9.90 Å². The Morgan fingerprint density at radius 1 is 1.30 bits per heavy atom. The van der Waals surface area contributed by atoms with Gasteiger partial charge < -0.3 is 10.8 Å². The largest absolute Gasteiger partial charge is 0.465 e. The lowest BCUT2D eigenvalue weighted by Crippen LogP contribution is -2.44. The van der Waals surface area contributed by atoms with E-state index in [2.05, 4.69) is 9.97 Å². The summed E-state index contributed by atoms with van der Waals surface area (Å²) in [7, 11) is 0. The second-order valence-electron chi connectivity index (χ2n) is 7.85. The lowest BCUT2D eigenvalue weighted by Gasteiger charge is -2.34. The van der Waals surface area contributed by atoms with Gasteiger partial charge >= 0.3 is 6.09 Å². The molecule has 0 fully saturated rings. The van der Waals surface area contributed by atoms with E-state index in [0.29, 0.717) is 44.0 Å². The van der Waals surface area contributed by atoms with Crippen molar-refractivity contribution in [2.75, 3.05) is 0 Å². The molecule has 1 aromatic carbocycles. The van der Waals surface area contributed by atoms with Crippen LogP contribution in [0.4, 0.5) is 4.79 Å². The van der Waals surface area contributed by atoms with Gasteiger partial charge in [-0.3, -0.25) is 9.30 Å². The standard InChI is InChI=1S/C20H21Cl2N5O2S/c1-10-13(8-27(19(28)29)20(2,3)4)16(12-6-5-11(21)7-14(12)22)26-9-15(17(23)30)25-18(26)24-10/h5-7,9H,8H2,1-4H3,(H2,23,30)(H,28,29). The van der Waals surface area contributed by atoms with Gasteiger partial charge in [0, 0.05) is 33.6 Å². The maximum absolute atomic E-state index is 12.0. The summed E-state index contributed by atoms with van der Waals surface area (Å²) >= 11 is 17.7. The van der Waals surface area contributed by atoms with Crippen LogP contribution in [0.3, 0.4) is 0 Å². The fourth-order valence-corrected chi connectivity index (χ4v) is 3.78. The van der Waals surface area contributed by atoms with Crippen molar-refractivity contribution in [3.05, 3.63) is 51.4 Å². The molecule has 158 valence electrons. The first-order valence-corrected chi connectivity index (χ1v) is 10.2. The normalized spacial score (nSPS) is 11.7. The van der Waals surface area contributed by atoms with Gasteiger partial charge in [-0.2, -0.15) is 0 Å². The summed E-state index contributed by atoms with van der Waals surface area (Å²) in [5, 5.41) is 10.7. The van der Waals surface area contributed by atoms with Gasteiger partial charge in [0.1, 0.15) is 10.7 Å². The van der Waals surface area contributed by atoms with Crippen molar-refractivity contribution in [3.63, 3.8) is 0 Å². The number of rotatable bonds is 4. The third kappa shape index (κ3) is 4.21. The summed E-state index contributed by atoms with van der Waals surface area (Å²) in [6.07, 6.45) is 0.639. The van der Waals surface area contributed by atoms with E-state index < -0.39 is 11.6 Å². The minimum atomic E-state index is -1.04. The highest BCUT2D eigenvalue weighted by Gasteiger charge is 2.29. The van der Waals surface area contributed by atoms with Gasteiger partial charge in [-0.15, -0.1) is 0 Å². The third-order valence-corrected chi connectivity index (χ3v) is 5.47. The van der Waals surface area contributed by atoms with E-state index in [1.165, 1.54) is 4.90 Å². The van der Waals surface area contributed by atoms with Gasteiger partial charge in [0.25, 0.3) is 0 Å². The average molecular weight is 466 g/mol. The second-order valence-corrected chi connectivity index (χ2v) is 9.13. The lowest BCUT2D eigenvalue weighted by atomic mass is 10.0. The van der Waals surface area contributed by atoms with E-state index in [1.54, 1.807) is 35.7 Å². The van der Waals surface area contributed by atoms with E-state index in [-0.39, 0.29) is 11.5 Å². The van der Waals surface area contributed by atoms with Crippen LogP contribution in [0.5, 0.6) is 0 Å². The predicted octanol–water partition coefficient (Wildman–Crippen LogP) is 4.92. The molecule has 1 amide bonds. The molecule has 7 nitrogen and oxygen atoms in total. The first-order chi connectivity index (χ1) is 13.9. The molecule has 0 aliphatic carbocycles. The number of aromatic nitrogens is 3. The summed E-state index contributed by atoms with van der Waals surface area (Å²) < 4.78 is 1.73. The summed E-state index contributed by atoms with van der Waals surface area (Å²) in [5.74, 6) is 0.387. The molecule has 3 N–H and O–H groups in total. The van der Waals surface area contributed by atoms with Crippen molar-refractivity contribution in [2.45, 2.75) is 39.8 Å². The smallest absolute Gasteiger partial charge is 0.408 e. The Labute approximate surface area is 189 Å². The molecule has 0 bridgehead atoms. The van der Waals surface area contributed by atoms with Crippen LogP contribution in [-0.2, 0) is 6.54 Å². The molecule has 0 saturated heterocycles. The molecule has 3 aromatic rings. The molecule has 0 spiro atoms. The fourth-order valence-electron chi connectivity index (χ4n) is 3.18. The number of benzene rings is 1. The van der Waals surface area contributed by atoms with Gasteiger partial charge in [0.15, 0.2) is 0 Å². The lowest BCUT2D eigenvalue weighted by molar-refractivity contribution is 0.0954. The topological polar surface area (TPSA) is 96.8 Å². The van der Waals surface area contributed by atoms with Crippen LogP contribution >= 0.6 is 35.4 Å². The van der Waals surface area contributed by atoms with Crippen LogP contribution in [0.1, 0.15) is 37.7 Å². The number of fused-ring (bicyclic) bond motifs is 1. The van der Waals surface area contributed by atoms with E-state index >= 15 is 0 Å². The highest BCUT2D eigenvalue weighted by Crippen LogP contribution is 2.35. The Morgan fingerprint density at radius 3 is 2.50 bits per heavy atom. The second kappa shape index (κ2) is 8.02. The van der Waals surface area contributed by atoms with Crippen molar-refractivity contribution < 1.29 is 9.90 Å². The Morgan fingerprint density at radius 2 is 1.97 bits per heavy atom. The van der Waals surface area contributed by atoms with Crippen LogP contribution in [0.25, 0.3) is 17.0 Å². The Kier molecular flexibility index (Phi) is 5.95. The molecule has 3 rings (SSSR count). The number of aryl methyl sites for hydroxylation is 1. The first-order valence-electron chi connectivity index (χ1n) is 9.04.